The highest BCUT2D eigenvalue weighted by Crippen LogP contribution is 2.24. The molecule has 3 rings (SSSR count). The molecule has 0 fully saturated rings. The van der Waals surface area contributed by atoms with E-state index < -0.39 is 17.5 Å². The molecule has 0 aliphatic carbocycles. The highest BCUT2D eigenvalue weighted by Gasteiger charge is 2.22. The topological polar surface area (TPSA) is 33.2 Å². The van der Waals surface area contributed by atoms with E-state index in [-0.39, 0.29) is 18.7 Å². The third-order valence-electron chi connectivity index (χ3n) is 3.94. The van der Waals surface area contributed by atoms with E-state index in [0.717, 1.165) is 11.6 Å². The standard InChI is InChI=1S/C20H14Cl2F2N2O/c21-15-7-6-14(17(22)9-15)12-26(11-13-3-2-8-25-10-13)20(27)16-4-1-5-18(23)19(16)24/h1-10H,11-12H2. The predicted molar refractivity (Wildman–Crippen MR) is 101 cm³/mol. The molecule has 0 saturated carbocycles. The lowest BCUT2D eigenvalue weighted by atomic mass is 10.1. The maximum absolute atomic E-state index is 14.1. The first-order chi connectivity index (χ1) is 13.0. The Labute approximate surface area is 165 Å². The van der Waals surface area contributed by atoms with Crippen LogP contribution in [0.4, 0.5) is 8.78 Å². The van der Waals surface area contributed by atoms with Crippen molar-refractivity contribution in [3.05, 3.63) is 99.3 Å². The van der Waals surface area contributed by atoms with Crippen LogP contribution in [0, 0.1) is 11.6 Å². The van der Waals surface area contributed by atoms with Gasteiger partial charge in [0.05, 0.1) is 5.56 Å². The number of nitrogens with zero attached hydrogens (tertiary/aromatic N) is 2. The summed E-state index contributed by atoms with van der Waals surface area (Å²) in [6, 6.07) is 11.9. The normalized spacial score (nSPS) is 10.7. The molecular weight excluding hydrogens is 393 g/mol. The zero-order valence-corrected chi connectivity index (χ0v) is 15.5. The van der Waals surface area contributed by atoms with E-state index in [1.807, 2.05) is 0 Å². The first kappa shape index (κ1) is 19.3. The van der Waals surface area contributed by atoms with Crippen LogP contribution in [-0.2, 0) is 13.1 Å². The highest BCUT2D eigenvalue weighted by molar-refractivity contribution is 6.35. The summed E-state index contributed by atoms with van der Waals surface area (Å²) in [6.07, 6.45) is 3.21. The second-order valence-corrected chi connectivity index (χ2v) is 6.70. The quantitative estimate of drug-likeness (QED) is 0.559. The Morgan fingerprint density at radius 3 is 2.56 bits per heavy atom. The molecule has 3 nitrogen and oxygen atoms in total. The first-order valence-electron chi connectivity index (χ1n) is 8.02. The minimum absolute atomic E-state index is 0.0969. The smallest absolute Gasteiger partial charge is 0.257 e. The van der Waals surface area contributed by atoms with Crippen LogP contribution in [0.3, 0.4) is 0 Å². The van der Waals surface area contributed by atoms with Gasteiger partial charge in [0.1, 0.15) is 0 Å². The maximum Gasteiger partial charge on any atom is 0.257 e. The van der Waals surface area contributed by atoms with Gasteiger partial charge in [0.2, 0.25) is 0 Å². The summed E-state index contributed by atoms with van der Waals surface area (Å²) in [6.45, 7) is 0.251. The average Bonchev–Trinajstić information content (AvgIpc) is 2.66. The average molecular weight is 407 g/mol. The monoisotopic (exact) mass is 406 g/mol. The molecule has 0 aliphatic rings. The van der Waals surface area contributed by atoms with Crippen molar-refractivity contribution in [2.75, 3.05) is 0 Å². The van der Waals surface area contributed by atoms with E-state index in [1.165, 1.54) is 17.0 Å². The van der Waals surface area contributed by atoms with Gasteiger partial charge in [0.25, 0.3) is 5.91 Å². The van der Waals surface area contributed by atoms with Gasteiger partial charge >= 0.3 is 0 Å². The van der Waals surface area contributed by atoms with Crippen LogP contribution in [0.5, 0.6) is 0 Å². The van der Waals surface area contributed by atoms with Gasteiger partial charge in [-0.1, -0.05) is 41.4 Å². The fourth-order valence-corrected chi connectivity index (χ4v) is 3.07. The van der Waals surface area contributed by atoms with Crippen molar-refractivity contribution in [3.63, 3.8) is 0 Å². The number of hydrogen-bond acceptors (Lipinski definition) is 2. The first-order valence-corrected chi connectivity index (χ1v) is 8.77. The summed E-state index contributed by atoms with van der Waals surface area (Å²) in [5.74, 6) is -2.91. The second kappa shape index (κ2) is 8.46. The zero-order chi connectivity index (χ0) is 19.4. The molecule has 0 saturated heterocycles. The van der Waals surface area contributed by atoms with Crippen LogP contribution in [0.1, 0.15) is 21.5 Å². The van der Waals surface area contributed by atoms with Crippen LogP contribution in [0.25, 0.3) is 0 Å². The Bertz CT molecular complexity index is 967. The fraction of sp³-hybridized carbons (Fsp3) is 0.100. The molecule has 0 unspecified atom stereocenters. The zero-order valence-electron chi connectivity index (χ0n) is 14.0. The number of carbonyl (C=O) groups is 1. The van der Waals surface area contributed by atoms with E-state index in [1.54, 1.807) is 42.7 Å². The third kappa shape index (κ3) is 4.62. The van der Waals surface area contributed by atoms with E-state index in [9.17, 15) is 13.6 Å². The number of benzene rings is 2. The molecule has 0 spiro atoms. The van der Waals surface area contributed by atoms with Gasteiger partial charge in [-0.3, -0.25) is 9.78 Å². The summed E-state index contributed by atoms with van der Waals surface area (Å²) in [7, 11) is 0. The molecule has 0 atom stereocenters. The molecule has 1 amide bonds. The van der Waals surface area contributed by atoms with Crippen LogP contribution in [0.15, 0.2) is 60.9 Å². The van der Waals surface area contributed by atoms with Gasteiger partial charge in [-0.2, -0.15) is 0 Å². The molecule has 1 aromatic heterocycles. The second-order valence-electron chi connectivity index (χ2n) is 5.86. The molecule has 0 aliphatic heterocycles. The van der Waals surface area contributed by atoms with E-state index in [4.69, 9.17) is 23.2 Å². The van der Waals surface area contributed by atoms with Crippen molar-refractivity contribution >= 4 is 29.1 Å². The molecule has 0 N–H and O–H groups in total. The Hall–Kier alpha value is -2.50. The Morgan fingerprint density at radius 1 is 1.04 bits per heavy atom. The van der Waals surface area contributed by atoms with Crippen molar-refractivity contribution in [1.29, 1.82) is 0 Å². The predicted octanol–water partition coefficient (Wildman–Crippen LogP) is 5.51. The van der Waals surface area contributed by atoms with E-state index in [0.29, 0.717) is 15.6 Å². The molecule has 27 heavy (non-hydrogen) atoms. The van der Waals surface area contributed by atoms with Gasteiger partial charge in [0, 0.05) is 35.5 Å². The van der Waals surface area contributed by atoms with Gasteiger partial charge in [0.15, 0.2) is 11.6 Å². The molecule has 138 valence electrons. The molecule has 1 heterocycles. The van der Waals surface area contributed by atoms with Crippen molar-refractivity contribution in [1.82, 2.24) is 9.88 Å². The number of carbonyl (C=O) groups excluding carboxylic acids is 1. The molecule has 0 radical (unpaired) electrons. The highest BCUT2D eigenvalue weighted by atomic mass is 35.5. The van der Waals surface area contributed by atoms with Gasteiger partial charge in [-0.25, -0.2) is 8.78 Å². The fourth-order valence-electron chi connectivity index (χ4n) is 2.61. The van der Waals surface area contributed by atoms with Crippen LogP contribution < -0.4 is 0 Å². The number of hydrogen-bond donors (Lipinski definition) is 0. The largest absolute Gasteiger partial charge is 0.330 e. The summed E-state index contributed by atoms with van der Waals surface area (Å²) < 4.78 is 27.7. The number of rotatable bonds is 5. The minimum Gasteiger partial charge on any atom is -0.330 e. The number of aromatic nitrogens is 1. The van der Waals surface area contributed by atoms with Crippen molar-refractivity contribution in [2.45, 2.75) is 13.1 Å². The Kier molecular flexibility index (Phi) is 6.04. The molecule has 2 aromatic carbocycles. The summed E-state index contributed by atoms with van der Waals surface area (Å²) >= 11 is 12.1. The Morgan fingerprint density at radius 2 is 1.85 bits per heavy atom. The van der Waals surface area contributed by atoms with Crippen molar-refractivity contribution in [3.8, 4) is 0 Å². The summed E-state index contributed by atoms with van der Waals surface area (Å²) in [4.78, 5) is 18.3. The lowest BCUT2D eigenvalue weighted by Crippen LogP contribution is -2.31. The molecular formula is C20H14Cl2F2N2O. The van der Waals surface area contributed by atoms with E-state index >= 15 is 0 Å². The number of pyridine rings is 1. The Balaban J connectivity index is 1.96. The summed E-state index contributed by atoms with van der Waals surface area (Å²) in [5, 5.41) is 0.844. The SMILES string of the molecule is O=C(c1cccc(F)c1F)N(Cc1cccnc1)Cc1ccc(Cl)cc1Cl. The number of amides is 1. The van der Waals surface area contributed by atoms with E-state index in [2.05, 4.69) is 4.98 Å². The van der Waals surface area contributed by atoms with Crippen LogP contribution >= 0.6 is 23.2 Å². The van der Waals surface area contributed by atoms with Crippen LogP contribution in [-0.4, -0.2) is 15.8 Å². The summed E-state index contributed by atoms with van der Waals surface area (Å²) in [5.41, 5.74) is 1.03. The van der Waals surface area contributed by atoms with Gasteiger partial charge in [-0.05, 0) is 41.5 Å². The molecule has 7 heteroatoms. The third-order valence-corrected chi connectivity index (χ3v) is 4.53. The molecule has 0 bridgehead atoms. The lowest BCUT2D eigenvalue weighted by molar-refractivity contribution is 0.0724. The van der Waals surface area contributed by atoms with Gasteiger partial charge < -0.3 is 4.90 Å². The van der Waals surface area contributed by atoms with Crippen molar-refractivity contribution < 1.29 is 13.6 Å². The number of halogens is 4. The van der Waals surface area contributed by atoms with Gasteiger partial charge in [-0.15, -0.1) is 0 Å². The van der Waals surface area contributed by atoms with Crippen molar-refractivity contribution in [2.24, 2.45) is 0 Å². The minimum atomic E-state index is -1.18. The lowest BCUT2D eigenvalue weighted by Gasteiger charge is -2.24. The maximum atomic E-state index is 14.1. The molecule has 3 aromatic rings. The van der Waals surface area contributed by atoms with Crippen LogP contribution in [0.2, 0.25) is 10.0 Å².